The molecule has 2 unspecified atom stereocenters. The molecule has 0 bridgehead atoms. The van der Waals surface area contributed by atoms with Gasteiger partial charge in [-0.3, -0.25) is 0 Å². The van der Waals surface area contributed by atoms with Crippen LogP contribution in [0.1, 0.15) is 40.0 Å². The minimum atomic E-state index is -0.0776. The lowest BCUT2D eigenvalue weighted by atomic mass is 9.77. The third-order valence-electron chi connectivity index (χ3n) is 3.77. The largest absolute Gasteiger partial charge is 0.395 e. The van der Waals surface area contributed by atoms with E-state index in [1.54, 1.807) is 0 Å². The Morgan fingerprint density at radius 2 is 2.00 bits per heavy atom. The molecule has 1 saturated heterocycles. The fourth-order valence-electron chi connectivity index (χ4n) is 2.59. The van der Waals surface area contributed by atoms with Gasteiger partial charge in [0.15, 0.2) is 0 Å². The molecule has 1 aliphatic rings. The first-order valence-corrected chi connectivity index (χ1v) is 6.52. The van der Waals surface area contributed by atoms with E-state index in [0.29, 0.717) is 5.41 Å². The summed E-state index contributed by atoms with van der Waals surface area (Å²) in [7, 11) is 0. The molecule has 1 fully saturated rings. The molecule has 0 radical (unpaired) electrons. The van der Waals surface area contributed by atoms with Gasteiger partial charge in [-0.25, -0.2) is 0 Å². The van der Waals surface area contributed by atoms with Crippen LogP contribution in [-0.4, -0.2) is 42.3 Å². The van der Waals surface area contributed by atoms with Gasteiger partial charge in [-0.15, -0.1) is 0 Å². The third-order valence-corrected chi connectivity index (χ3v) is 3.77. The Balaban J connectivity index is 2.40. The Morgan fingerprint density at radius 1 is 1.31 bits per heavy atom. The first-order chi connectivity index (χ1) is 7.43. The Morgan fingerprint density at radius 3 is 2.56 bits per heavy atom. The number of hydrogen-bond acceptors (Lipinski definition) is 3. The van der Waals surface area contributed by atoms with E-state index in [1.165, 1.54) is 19.3 Å². The highest BCUT2D eigenvalue weighted by molar-refractivity contribution is 4.80. The van der Waals surface area contributed by atoms with Crippen LogP contribution in [0.2, 0.25) is 0 Å². The number of aliphatic hydroxyl groups excluding tert-OH is 1. The molecule has 2 atom stereocenters. The number of nitrogens with zero attached hydrogens (tertiary/aromatic N) is 1. The molecule has 0 aromatic rings. The van der Waals surface area contributed by atoms with Crippen LogP contribution in [0.3, 0.4) is 0 Å². The van der Waals surface area contributed by atoms with Crippen LogP contribution >= 0.6 is 0 Å². The zero-order valence-corrected chi connectivity index (χ0v) is 11.1. The van der Waals surface area contributed by atoms with E-state index in [1.807, 2.05) is 0 Å². The molecular formula is C13H28N2O. The van der Waals surface area contributed by atoms with Crippen LogP contribution in [0.25, 0.3) is 0 Å². The normalized spacial score (nSPS) is 26.4. The number of likely N-dealkylation sites (tertiary alicyclic amines) is 1. The lowest BCUT2D eigenvalue weighted by Crippen LogP contribution is -2.40. The second-order valence-electron chi connectivity index (χ2n) is 6.24. The van der Waals surface area contributed by atoms with Crippen molar-refractivity contribution < 1.29 is 5.11 Å². The van der Waals surface area contributed by atoms with E-state index in [4.69, 9.17) is 10.8 Å². The maximum atomic E-state index is 8.97. The summed E-state index contributed by atoms with van der Waals surface area (Å²) < 4.78 is 0. The van der Waals surface area contributed by atoms with E-state index in [-0.39, 0.29) is 12.6 Å². The average molecular weight is 228 g/mol. The standard InChI is InChI=1S/C13H28N2O/c1-13(2,3)11-5-4-7-15(8-6-11)9-12(14)10-16/h11-12,16H,4-10,14H2,1-3H3. The third kappa shape index (κ3) is 4.40. The van der Waals surface area contributed by atoms with Gasteiger partial charge in [0.05, 0.1) is 6.61 Å². The predicted molar refractivity (Wildman–Crippen MR) is 68.3 cm³/mol. The monoisotopic (exact) mass is 228 g/mol. The molecule has 16 heavy (non-hydrogen) atoms. The summed E-state index contributed by atoms with van der Waals surface area (Å²) in [6.45, 7) is 10.2. The number of hydrogen-bond donors (Lipinski definition) is 2. The lowest BCUT2D eigenvalue weighted by Gasteiger charge is -2.30. The molecule has 3 N–H and O–H groups in total. The summed E-state index contributed by atoms with van der Waals surface area (Å²) in [6, 6.07) is -0.0776. The van der Waals surface area contributed by atoms with E-state index in [9.17, 15) is 0 Å². The SMILES string of the molecule is CC(C)(C)C1CCCN(CC(N)CO)CC1. The lowest BCUT2D eigenvalue weighted by molar-refractivity contribution is 0.189. The van der Waals surface area contributed by atoms with E-state index >= 15 is 0 Å². The fourth-order valence-corrected chi connectivity index (χ4v) is 2.59. The Kier molecular flexibility index (Phi) is 5.22. The van der Waals surface area contributed by atoms with Crippen molar-refractivity contribution in [3.8, 4) is 0 Å². The number of aliphatic hydroxyl groups is 1. The molecule has 0 aromatic carbocycles. The first kappa shape index (κ1) is 13.9. The van der Waals surface area contributed by atoms with Gasteiger partial charge in [-0.2, -0.15) is 0 Å². The number of nitrogens with two attached hydrogens (primary N) is 1. The van der Waals surface area contributed by atoms with Crippen molar-refractivity contribution in [1.29, 1.82) is 0 Å². The molecule has 3 heteroatoms. The highest BCUT2D eigenvalue weighted by atomic mass is 16.3. The summed E-state index contributed by atoms with van der Waals surface area (Å²) in [6.07, 6.45) is 3.86. The van der Waals surface area contributed by atoms with E-state index < -0.39 is 0 Å². The van der Waals surface area contributed by atoms with Crippen LogP contribution in [0.5, 0.6) is 0 Å². The van der Waals surface area contributed by atoms with Crippen LogP contribution in [0.4, 0.5) is 0 Å². The quantitative estimate of drug-likeness (QED) is 0.769. The summed E-state index contributed by atoms with van der Waals surface area (Å²) in [5, 5.41) is 8.97. The minimum Gasteiger partial charge on any atom is -0.395 e. The van der Waals surface area contributed by atoms with Gasteiger partial charge in [0.1, 0.15) is 0 Å². The molecule has 0 spiro atoms. The Hall–Kier alpha value is -0.120. The Labute approximate surface area is 100 Å². The summed E-state index contributed by atoms with van der Waals surface area (Å²) in [5.74, 6) is 0.822. The smallest absolute Gasteiger partial charge is 0.0595 e. The zero-order valence-electron chi connectivity index (χ0n) is 11.1. The zero-order chi connectivity index (χ0) is 12.2. The van der Waals surface area contributed by atoms with Crippen molar-refractivity contribution in [2.24, 2.45) is 17.1 Å². The van der Waals surface area contributed by atoms with Crippen molar-refractivity contribution in [2.45, 2.75) is 46.1 Å². The molecule has 0 amide bonds. The molecule has 1 aliphatic heterocycles. The van der Waals surface area contributed by atoms with Crippen molar-refractivity contribution in [1.82, 2.24) is 4.90 Å². The second-order valence-corrected chi connectivity index (χ2v) is 6.24. The molecule has 1 heterocycles. The molecular weight excluding hydrogens is 200 g/mol. The molecule has 0 aromatic heterocycles. The fraction of sp³-hybridized carbons (Fsp3) is 1.00. The summed E-state index contributed by atoms with van der Waals surface area (Å²) in [5.41, 5.74) is 6.21. The summed E-state index contributed by atoms with van der Waals surface area (Å²) >= 11 is 0. The average Bonchev–Trinajstić information content (AvgIpc) is 2.42. The van der Waals surface area contributed by atoms with E-state index in [0.717, 1.165) is 25.6 Å². The molecule has 3 nitrogen and oxygen atoms in total. The van der Waals surface area contributed by atoms with Gasteiger partial charge in [-0.05, 0) is 43.7 Å². The molecule has 1 rings (SSSR count). The van der Waals surface area contributed by atoms with Crippen molar-refractivity contribution >= 4 is 0 Å². The Bertz CT molecular complexity index is 201. The predicted octanol–water partition coefficient (Wildman–Crippen LogP) is 1.45. The van der Waals surface area contributed by atoms with Crippen LogP contribution in [0, 0.1) is 11.3 Å². The molecule has 0 aliphatic carbocycles. The second kappa shape index (κ2) is 5.99. The van der Waals surface area contributed by atoms with Gasteiger partial charge < -0.3 is 15.7 Å². The minimum absolute atomic E-state index is 0.0776. The van der Waals surface area contributed by atoms with Gasteiger partial charge in [0.25, 0.3) is 0 Å². The highest BCUT2D eigenvalue weighted by Gasteiger charge is 2.27. The van der Waals surface area contributed by atoms with Gasteiger partial charge in [0.2, 0.25) is 0 Å². The van der Waals surface area contributed by atoms with E-state index in [2.05, 4.69) is 25.7 Å². The van der Waals surface area contributed by atoms with Crippen LogP contribution in [0.15, 0.2) is 0 Å². The van der Waals surface area contributed by atoms with Gasteiger partial charge in [-0.1, -0.05) is 20.8 Å². The number of rotatable bonds is 3. The van der Waals surface area contributed by atoms with Crippen molar-refractivity contribution in [2.75, 3.05) is 26.2 Å². The van der Waals surface area contributed by atoms with Crippen LogP contribution < -0.4 is 5.73 Å². The first-order valence-electron chi connectivity index (χ1n) is 6.52. The van der Waals surface area contributed by atoms with Crippen molar-refractivity contribution in [3.05, 3.63) is 0 Å². The molecule has 0 saturated carbocycles. The van der Waals surface area contributed by atoms with Crippen LogP contribution in [-0.2, 0) is 0 Å². The highest BCUT2D eigenvalue weighted by Crippen LogP contribution is 2.34. The van der Waals surface area contributed by atoms with Gasteiger partial charge >= 0.3 is 0 Å². The summed E-state index contributed by atoms with van der Waals surface area (Å²) in [4.78, 5) is 2.41. The van der Waals surface area contributed by atoms with Gasteiger partial charge in [0, 0.05) is 12.6 Å². The maximum absolute atomic E-state index is 8.97. The molecule has 96 valence electrons. The maximum Gasteiger partial charge on any atom is 0.0595 e. The van der Waals surface area contributed by atoms with Crippen molar-refractivity contribution in [3.63, 3.8) is 0 Å². The topological polar surface area (TPSA) is 49.5 Å².